The second-order valence-corrected chi connectivity index (χ2v) is 13.9. The Labute approximate surface area is 304 Å². The fourth-order valence-electron chi connectivity index (χ4n) is 8.20. The van der Waals surface area contributed by atoms with Crippen molar-refractivity contribution in [2.45, 2.75) is 32.0 Å². The smallest absolute Gasteiger partial charge is 0.301 e. The Morgan fingerprint density at radius 2 is 1.00 bits per heavy atom. The highest BCUT2D eigenvalue weighted by Crippen LogP contribution is 2.44. The number of piperazine rings is 1. The molecule has 2 heterocycles. The van der Waals surface area contributed by atoms with Crippen molar-refractivity contribution in [3.05, 3.63) is 151 Å². The second kappa shape index (κ2) is 14.2. The number of fused-ring (bicyclic) bond motifs is 4. The first-order valence-electron chi connectivity index (χ1n) is 18.2. The summed E-state index contributed by atoms with van der Waals surface area (Å²) in [5.41, 5.74) is 1.50. The predicted octanol–water partition coefficient (Wildman–Crippen LogP) is 7.90. The molecule has 0 atom stereocenters. The van der Waals surface area contributed by atoms with Crippen LogP contribution in [-0.4, -0.2) is 53.6 Å². The van der Waals surface area contributed by atoms with Gasteiger partial charge in [0, 0.05) is 66.6 Å². The van der Waals surface area contributed by atoms with Crippen LogP contribution in [0.2, 0.25) is 0 Å². The summed E-state index contributed by atoms with van der Waals surface area (Å²) in [6, 6.07) is 32.2. The standard InChI is InChI=1S/C44H38F3N3O3/c45-44(46,47)34-20-10-7-13-29(34)21-24-49-27-25-48(26-28-49)22-11-12-23-50-42(52)39-35(30-14-3-1-4-15-30)37-32-18-8-9-19-33(32)41(51)38(37)36(40(39)43(50)53)31-16-5-2-6-17-31/h1-10,13-20H,11-12,21-28H2. The molecule has 7 aromatic rings. The van der Waals surface area contributed by atoms with Crippen molar-refractivity contribution < 1.29 is 13.2 Å². The van der Waals surface area contributed by atoms with Gasteiger partial charge in [-0.3, -0.25) is 19.0 Å². The molecule has 0 radical (unpaired) electrons. The van der Waals surface area contributed by atoms with Crippen LogP contribution >= 0.6 is 0 Å². The van der Waals surface area contributed by atoms with Gasteiger partial charge in [-0.25, -0.2) is 0 Å². The number of benzene rings is 5. The zero-order valence-electron chi connectivity index (χ0n) is 29.2. The summed E-state index contributed by atoms with van der Waals surface area (Å²) in [5, 5.41) is 3.11. The molecule has 0 amide bonds. The molecule has 1 aliphatic rings. The number of hydrogen-bond donors (Lipinski definition) is 0. The highest BCUT2D eigenvalue weighted by atomic mass is 19.4. The second-order valence-electron chi connectivity index (χ2n) is 13.9. The van der Waals surface area contributed by atoms with Gasteiger partial charge in [-0.05, 0) is 54.0 Å². The fourth-order valence-corrected chi connectivity index (χ4v) is 8.20. The molecule has 0 spiro atoms. The van der Waals surface area contributed by atoms with Crippen LogP contribution in [0.5, 0.6) is 0 Å². The van der Waals surface area contributed by atoms with Gasteiger partial charge in [-0.1, -0.05) is 103 Å². The monoisotopic (exact) mass is 713 g/mol. The van der Waals surface area contributed by atoms with Crippen molar-refractivity contribution in [3.63, 3.8) is 0 Å². The van der Waals surface area contributed by atoms with Gasteiger partial charge >= 0.3 is 6.18 Å². The van der Waals surface area contributed by atoms with Gasteiger partial charge < -0.3 is 9.80 Å². The molecule has 0 saturated carbocycles. The Kier molecular flexibility index (Phi) is 9.30. The molecule has 1 saturated heterocycles. The molecule has 0 bridgehead atoms. The van der Waals surface area contributed by atoms with E-state index < -0.39 is 11.7 Å². The van der Waals surface area contributed by atoms with E-state index in [1.54, 1.807) is 18.2 Å². The van der Waals surface area contributed by atoms with E-state index in [0.29, 0.717) is 63.2 Å². The summed E-state index contributed by atoms with van der Waals surface area (Å²) in [6.07, 6.45) is -2.63. The normalized spacial score (nSPS) is 14.5. The Bertz CT molecular complexity index is 2580. The van der Waals surface area contributed by atoms with Crippen LogP contribution in [0.1, 0.15) is 24.0 Å². The molecule has 0 N–H and O–H groups in total. The van der Waals surface area contributed by atoms with Crippen molar-refractivity contribution in [1.82, 2.24) is 14.4 Å². The van der Waals surface area contributed by atoms with Crippen molar-refractivity contribution >= 4 is 32.3 Å². The van der Waals surface area contributed by atoms with Crippen molar-refractivity contribution in [1.29, 1.82) is 0 Å². The van der Waals surface area contributed by atoms with Gasteiger partial charge in [0.1, 0.15) is 0 Å². The maximum absolute atomic E-state index is 14.5. The molecule has 6 nitrogen and oxygen atoms in total. The first-order chi connectivity index (χ1) is 25.7. The Balaban J connectivity index is 1.05. The molecule has 8 rings (SSSR count). The lowest BCUT2D eigenvalue weighted by Gasteiger charge is -2.34. The Hall–Kier alpha value is -5.38. The number of alkyl halides is 3. The fraction of sp³-hybridized carbons (Fsp3) is 0.250. The summed E-state index contributed by atoms with van der Waals surface area (Å²) in [7, 11) is 0. The molecular formula is C44H38F3N3O3. The van der Waals surface area contributed by atoms with Crippen molar-refractivity contribution in [2.75, 3.05) is 39.3 Å². The van der Waals surface area contributed by atoms with Gasteiger partial charge in [-0.15, -0.1) is 0 Å². The molecule has 268 valence electrons. The van der Waals surface area contributed by atoms with Crippen LogP contribution in [0.15, 0.2) is 124 Å². The van der Waals surface area contributed by atoms with Crippen LogP contribution in [0.3, 0.4) is 0 Å². The lowest BCUT2D eigenvalue weighted by molar-refractivity contribution is -0.138. The highest BCUT2D eigenvalue weighted by Gasteiger charge is 2.33. The Morgan fingerprint density at radius 3 is 1.60 bits per heavy atom. The number of nitrogens with zero attached hydrogens (tertiary/aromatic N) is 3. The average molecular weight is 714 g/mol. The average Bonchev–Trinajstić information content (AvgIpc) is 3.61. The molecule has 1 aliphatic heterocycles. The van der Waals surface area contributed by atoms with E-state index in [1.165, 1.54) is 10.6 Å². The summed E-state index contributed by atoms with van der Waals surface area (Å²) in [5.74, 6) is 0. The van der Waals surface area contributed by atoms with E-state index >= 15 is 0 Å². The van der Waals surface area contributed by atoms with Crippen molar-refractivity contribution in [3.8, 4) is 22.3 Å². The lowest BCUT2D eigenvalue weighted by atomic mass is 9.89. The van der Waals surface area contributed by atoms with Crippen LogP contribution in [-0.2, 0) is 19.1 Å². The number of aromatic nitrogens is 1. The van der Waals surface area contributed by atoms with Crippen LogP contribution in [0.4, 0.5) is 13.2 Å². The van der Waals surface area contributed by atoms with Gasteiger partial charge in [-0.2, -0.15) is 13.2 Å². The minimum atomic E-state index is -4.36. The number of halogens is 3. The summed E-state index contributed by atoms with van der Waals surface area (Å²) in [6.45, 7) is 4.75. The largest absolute Gasteiger partial charge is 0.416 e. The number of hydrogen-bond acceptors (Lipinski definition) is 5. The molecule has 0 unspecified atom stereocenters. The maximum atomic E-state index is 14.5. The van der Waals surface area contributed by atoms with Crippen LogP contribution in [0.25, 0.3) is 54.6 Å². The topological polar surface area (TPSA) is 62.6 Å². The highest BCUT2D eigenvalue weighted by molar-refractivity contribution is 6.29. The van der Waals surface area contributed by atoms with Gasteiger partial charge in [0.2, 0.25) is 0 Å². The molecule has 1 fully saturated rings. The minimum absolute atomic E-state index is 0.153. The maximum Gasteiger partial charge on any atom is 0.416 e. The van der Waals surface area contributed by atoms with E-state index in [4.69, 9.17) is 0 Å². The summed E-state index contributed by atoms with van der Waals surface area (Å²) in [4.78, 5) is 47.7. The van der Waals surface area contributed by atoms with E-state index in [0.717, 1.165) is 56.2 Å². The van der Waals surface area contributed by atoms with E-state index in [1.807, 2.05) is 78.9 Å². The van der Waals surface area contributed by atoms with Gasteiger partial charge in [0.25, 0.3) is 11.1 Å². The zero-order chi connectivity index (χ0) is 36.7. The van der Waals surface area contributed by atoms with Gasteiger partial charge in [0.15, 0.2) is 5.43 Å². The number of rotatable bonds is 10. The summed E-state index contributed by atoms with van der Waals surface area (Å²) >= 11 is 0. The third-order valence-corrected chi connectivity index (χ3v) is 10.8. The lowest BCUT2D eigenvalue weighted by Crippen LogP contribution is -2.47. The molecule has 0 aliphatic carbocycles. The van der Waals surface area contributed by atoms with E-state index in [2.05, 4.69) is 9.80 Å². The third kappa shape index (κ3) is 6.38. The van der Waals surface area contributed by atoms with Crippen molar-refractivity contribution in [2.24, 2.45) is 0 Å². The molecule has 53 heavy (non-hydrogen) atoms. The Morgan fingerprint density at radius 1 is 0.509 bits per heavy atom. The van der Waals surface area contributed by atoms with Crippen LogP contribution in [0, 0.1) is 0 Å². The van der Waals surface area contributed by atoms with Gasteiger partial charge in [0.05, 0.1) is 16.3 Å². The van der Waals surface area contributed by atoms with E-state index in [-0.39, 0.29) is 28.5 Å². The SMILES string of the molecule is O=c1c2ccccc2c2c(-c3ccccc3)c3c(=O)n(CCCCN4CCN(CCc5ccccc5C(F)(F)F)CC4)c(=O)c3c(-c3ccccc3)c12. The molecule has 1 aromatic heterocycles. The minimum Gasteiger partial charge on any atom is -0.301 e. The quantitative estimate of drug-likeness (QED) is 0.135. The molecule has 9 heteroatoms. The molecular weight excluding hydrogens is 675 g/mol. The molecule has 6 aromatic carbocycles. The first kappa shape index (κ1) is 34.7. The zero-order valence-corrected chi connectivity index (χ0v) is 29.2. The number of unbranched alkanes of at least 4 members (excludes halogenated alkanes) is 1. The predicted molar refractivity (Wildman–Crippen MR) is 206 cm³/mol. The third-order valence-electron chi connectivity index (χ3n) is 10.8. The van der Waals surface area contributed by atoms with E-state index in [9.17, 15) is 27.6 Å². The first-order valence-corrected chi connectivity index (χ1v) is 18.2. The van der Waals surface area contributed by atoms with Crippen LogP contribution < -0.4 is 16.5 Å². The summed E-state index contributed by atoms with van der Waals surface area (Å²) < 4.78 is 41.7.